The molecule has 1 saturated heterocycles. The Morgan fingerprint density at radius 1 is 1.32 bits per heavy atom. The first kappa shape index (κ1) is 20.7. The molecule has 4 rings (SSSR count). The maximum Gasteiger partial charge on any atom is 0.325 e. The van der Waals surface area contributed by atoms with Crippen LogP contribution in [0, 0.1) is 11.3 Å². The van der Waals surface area contributed by atoms with Crippen molar-refractivity contribution in [2.75, 3.05) is 25.0 Å². The first-order chi connectivity index (χ1) is 13.1. The summed E-state index contributed by atoms with van der Waals surface area (Å²) in [4.78, 5) is 24.9. The standard InChI is InChI=1S/C21H27N3O3.ClH/c1-2-27-19(25)13-24-10-8-15-11-17(6-7-18(15)24)23-20(26)21-9-4-3-5-16(21)12-22-14-21;/h6-8,10-11,16,22H,2-5,9,12-14H2,1H3,(H,23,26);1H/t16-,21+;/m0./s1. The minimum Gasteiger partial charge on any atom is -0.465 e. The second-order valence-electron chi connectivity index (χ2n) is 7.71. The van der Waals surface area contributed by atoms with Crippen LogP contribution in [0.15, 0.2) is 30.5 Å². The average Bonchev–Trinajstić information content (AvgIpc) is 3.27. The number of nitrogens with zero attached hydrogens (tertiary/aromatic N) is 1. The minimum absolute atomic E-state index is 0. The number of hydrogen-bond acceptors (Lipinski definition) is 4. The Balaban J connectivity index is 0.00000225. The van der Waals surface area contributed by atoms with Gasteiger partial charge in [-0.15, -0.1) is 12.4 Å². The van der Waals surface area contributed by atoms with Crippen molar-refractivity contribution in [1.82, 2.24) is 9.88 Å². The van der Waals surface area contributed by atoms with Crippen LogP contribution in [-0.2, 0) is 20.9 Å². The van der Waals surface area contributed by atoms with Crippen LogP contribution < -0.4 is 10.6 Å². The number of carbonyl (C=O) groups excluding carboxylic acids is 2. The summed E-state index contributed by atoms with van der Waals surface area (Å²) in [5.74, 6) is 0.340. The Hall–Kier alpha value is -2.05. The summed E-state index contributed by atoms with van der Waals surface area (Å²) >= 11 is 0. The highest BCUT2D eigenvalue weighted by molar-refractivity contribution is 5.98. The minimum atomic E-state index is -0.261. The van der Waals surface area contributed by atoms with Crippen molar-refractivity contribution in [3.63, 3.8) is 0 Å². The molecule has 2 N–H and O–H groups in total. The van der Waals surface area contributed by atoms with Crippen molar-refractivity contribution in [2.45, 2.75) is 39.2 Å². The van der Waals surface area contributed by atoms with Gasteiger partial charge in [-0.3, -0.25) is 9.59 Å². The molecule has 0 radical (unpaired) electrons. The van der Waals surface area contributed by atoms with Crippen LogP contribution >= 0.6 is 12.4 Å². The molecule has 2 aromatic rings. The second kappa shape index (κ2) is 8.53. The van der Waals surface area contributed by atoms with Gasteiger partial charge < -0.3 is 19.9 Å². The first-order valence-electron chi connectivity index (χ1n) is 9.89. The molecule has 6 nitrogen and oxygen atoms in total. The van der Waals surface area contributed by atoms with E-state index in [2.05, 4.69) is 10.6 Å². The molecule has 28 heavy (non-hydrogen) atoms. The summed E-state index contributed by atoms with van der Waals surface area (Å²) in [5.41, 5.74) is 1.51. The summed E-state index contributed by atoms with van der Waals surface area (Å²) in [7, 11) is 0. The maximum atomic E-state index is 13.1. The van der Waals surface area contributed by atoms with E-state index < -0.39 is 0 Å². The van der Waals surface area contributed by atoms with Crippen molar-refractivity contribution in [3.8, 4) is 0 Å². The Morgan fingerprint density at radius 2 is 2.18 bits per heavy atom. The van der Waals surface area contributed by atoms with E-state index in [9.17, 15) is 9.59 Å². The molecular formula is C21H28ClN3O3. The fourth-order valence-electron chi connectivity index (χ4n) is 4.71. The number of anilines is 1. The number of rotatable bonds is 5. The molecule has 1 aliphatic heterocycles. The third kappa shape index (κ3) is 3.76. The highest BCUT2D eigenvalue weighted by atomic mass is 35.5. The quantitative estimate of drug-likeness (QED) is 0.748. The van der Waals surface area contributed by atoms with Gasteiger partial charge in [-0.1, -0.05) is 12.8 Å². The Bertz CT molecular complexity index is 866. The molecule has 0 unspecified atom stereocenters. The zero-order valence-corrected chi connectivity index (χ0v) is 17.0. The molecule has 0 spiro atoms. The molecule has 2 fully saturated rings. The van der Waals surface area contributed by atoms with Crippen LogP contribution in [0.3, 0.4) is 0 Å². The van der Waals surface area contributed by atoms with Gasteiger partial charge in [0.05, 0.1) is 12.0 Å². The number of nitrogens with one attached hydrogen (secondary N) is 2. The van der Waals surface area contributed by atoms with Crippen LogP contribution in [0.25, 0.3) is 10.9 Å². The topological polar surface area (TPSA) is 72.4 Å². The summed E-state index contributed by atoms with van der Waals surface area (Å²) in [6.07, 6.45) is 6.33. The van der Waals surface area contributed by atoms with Crippen molar-refractivity contribution >= 4 is 40.9 Å². The lowest BCUT2D eigenvalue weighted by molar-refractivity contribution is -0.143. The number of ether oxygens (including phenoxy) is 1. The Morgan fingerprint density at radius 3 is 3.00 bits per heavy atom. The van der Waals surface area contributed by atoms with E-state index in [4.69, 9.17) is 4.74 Å². The van der Waals surface area contributed by atoms with Gasteiger partial charge in [-0.2, -0.15) is 0 Å². The molecule has 152 valence electrons. The smallest absolute Gasteiger partial charge is 0.325 e. The van der Waals surface area contributed by atoms with Crippen LogP contribution in [0.4, 0.5) is 5.69 Å². The molecule has 1 amide bonds. The number of amides is 1. The fourth-order valence-corrected chi connectivity index (χ4v) is 4.71. The molecule has 1 aromatic heterocycles. The number of halogens is 1. The van der Waals surface area contributed by atoms with Gasteiger partial charge >= 0.3 is 5.97 Å². The molecule has 2 atom stereocenters. The normalized spacial score (nSPS) is 23.7. The van der Waals surface area contributed by atoms with Crippen molar-refractivity contribution < 1.29 is 14.3 Å². The van der Waals surface area contributed by atoms with Gasteiger partial charge in [0.2, 0.25) is 5.91 Å². The molecule has 2 aliphatic rings. The lowest BCUT2D eigenvalue weighted by Gasteiger charge is -2.37. The first-order valence-corrected chi connectivity index (χ1v) is 9.89. The lowest BCUT2D eigenvalue weighted by Crippen LogP contribution is -2.44. The largest absolute Gasteiger partial charge is 0.465 e. The van der Waals surface area contributed by atoms with E-state index in [-0.39, 0.29) is 36.2 Å². The van der Waals surface area contributed by atoms with E-state index in [1.54, 1.807) is 6.92 Å². The second-order valence-corrected chi connectivity index (χ2v) is 7.71. The number of hydrogen-bond donors (Lipinski definition) is 2. The van der Waals surface area contributed by atoms with E-state index >= 15 is 0 Å². The molecule has 1 aliphatic carbocycles. The van der Waals surface area contributed by atoms with Gasteiger partial charge in [0, 0.05) is 29.3 Å². The van der Waals surface area contributed by atoms with E-state index in [0.717, 1.165) is 48.9 Å². The van der Waals surface area contributed by atoms with Gasteiger partial charge in [0.25, 0.3) is 0 Å². The van der Waals surface area contributed by atoms with Crippen LogP contribution in [0.5, 0.6) is 0 Å². The van der Waals surface area contributed by atoms with Crippen molar-refractivity contribution in [1.29, 1.82) is 0 Å². The molecule has 2 heterocycles. The van der Waals surface area contributed by atoms with Crippen LogP contribution in [0.2, 0.25) is 0 Å². The lowest BCUT2D eigenvalue weighted by atomic mass is 9.67. The van der Waals surface area contributed by atoms with Crippen LogP contribution in [-0.4, -0.2) is 36.1 Å². The fraction of sp³-hybridized carbons (Fsp3) is 0.524. The molecule has 0 bridgehead atoms. The molecule has 1 saturated carbocycles. The van der Waals surface area contributed by atoms with E-state index in [1.807, 2.05) is 35.0 Å². The van der Waals surface area contributed by atoms with Gasteiger partial charge in [-0.25, -0.2) is 0 Å². The predicted octanol–water partition coefficient (Wildman–Crippen LogP) is 3.34. The zero-order valence-electron chi connectivity index (χ0n) is 16.2. The zero-order chi connectivity index (χ0) is 18.9. The third-order valence-corrected chi connectivity index (χ3v) is 6.12. The highest BCUT2D eigenvalue weighted by Gasteiger charge is 2.49. The number of aromatic nitrogens is 1. The maximum absolute atomic E-state index is 13.1. The summed E-state index contributed by atoms with van der Waals surface area (Å²) in [6.45, 7) is 4.10. The molecular weight excluding hydrogens is 378 g/mol. The Labute approximate surface area is 171 Å². The highest BCUT2D eigenvalue weighted by Crippen LogP contribution is 2.44. The summed E-state index contributed by atoms with van der Waals surface area (Å²) < 4.78 is 6.90. The van der Waals surface area contributed by atoms with E-state index in [1.165, 1.54) is 6.42 Å². The number of carbonyl (C=O) groups is 2. The summed E-state index contributed by atoms with van der Waals surface area (Å²) in [6, 6.07) is 7.81. The molecule has 7 heteroatoms. The molecule has 1 aromatic carbocycles. The van der Waals surface area contributed by atoms with Gasteiger partial charge in [0.1, 0.15) is 6.54 Å². The number of fused-ring (bicyclic) bond motifs is 2. The predicted molar refractivity (Wildman–Crippen MR) is 112 cm³/mol. The summed E-state index contributed by atoms with van der Waals surface area (Å²) in [5, 5.41) is 7.58. The third-order valence-electron chi connectivity index (χ3n) is 6.12. The SMILES string of the molecule is CCOC(=O)Cn1ccc2cc(NC(=O)[C@@]34CCCC[C@H]3CNC4)ccc21.Cl. The Kier molecular flexibility index (Phi) is 6.30. The number of benzene rings is 1. The van der Waals surface area contributed by atoms with Crippen molar-refractivity contribution in [2.24, 2.45) is 11.3 Å². The van der Waals surface area contributed by atoms with Gasteiger partial charge in [0.15, 0.2) is 0 Å². The van der Waals surface area contributed by atoms with E-state index in [0.29, 0.717) is 12.5 Å². The van der Waals surface area contributed by atoms with Gasteiger partial charge in [-0.05, 0) is 56.5 Å². The average molecular weight is 406 g/mol. The number of esters is 1. The monoisotopic (exact) mass is 405 g/mol. The van der Waals surface area contributed by atoms with Crippen molar-refractivity contribution in [3.05, 3.63) is 30.5 Å². The van der Waals surface area contributed by atoms with Crippen LogP contribution in [0.1, 0.15) is 32.6 Å².